The molecule has 0 aliphatic rings. The van der Waals surface area contributed by atoms with Gasteiger partial charge in [0.1, 0.15) is 0 Å². The zero-order valence-electron chi connectivity index (χ0n) is 10.8. The maximum Gasteiger partial charge on any atom is 0.339 e. The highest BCUT2D eigenvalue weighted by Gasteiger charge is 2.10. The lowest BCUT2D eigenvalue weighted by Crippen LogP contribution is -2.22. The predicted molar refractivity (Wildman–Crippen MR) is 73.9 cm³/mol. The van der Waals surface area contributed by atoms with Crippen molar-refractivity contribution >= 4 is 23.3 Å². The van der Waals surface area contributed by atoms with E-state index in [0.717, 1.165) is 18.7 Å². The molecule has 0 amide bonds. The lowest BCUT2D eigenvalue weighted by molar-refractivity contribution is 0.0601. The first-order chi connectivity index (χ1) is 8.69. The number of hydrogen-bond acceptors (Lipinski definition) is 4. The molecule has 0 aliphatic carbocycles. The van der Waals surface area contributed by atoms with E-state index in [1.165, 1.54) is 20.0 Å². The summed E-state index contributed by atoms with van der Waals surface area (Å²) in [5, 5.41) is 0.377. The van der Waals surface area contributed by atoms with Crippen molar-refractivity contribution in [2.24, 2.45) is 0 Å². The van der Waals surface area contributed by atoms with Crippen molar-refractivity contribution < 1.29 is 9.53 Å². The number of ether oxygens (including phenoxy) is 1. The average Bonchev–Trinajstić information content (AvgIpc) is 2.38. The van der Waals surface area contributed by atoms with E-state index in [0.29, 0.717) is 10.6 Å². The van der Waals surface area contributed by atoms with Crippen LogP contribution in [0, 0.1) is 0 Å². The van der Waals surface area contributed by atoms with Crippen molar-refractivity contribution in [2.45, 2.75) is 26.2 Å². The Morgan fingerprint density at radius 1 is 1.39 bits per heavy atom. The maximum absolute atomic E-state index is 11.3. The van der Waals surface area contributed by atoms with Gasteiger partial charge in [0.2, 0.25) is 0 Å². The molecule has 100 valence electrons. The van der Waals surface area contributed by atoms with Crippen molar-refractivity contribution in [1.29, 1.82) is 0 Å². The van der Waals surface area contributed by atoms with E-state index in [1.807, 2.05) is 0 Å². The Balaban J connectivity index is 2.49. The Hall–Kier alpha value is -1.26. The monoisotopic (exact) mass is 270 g/mol. The van der Waals surface area contributed by atoms with Crippen LogP contribution in [0.3, 0.4) is 0 Å². The third kappa shape index (κ3) is 4.55. The second-order valence-corrected chi connectivity index (χ2v) is 4.35. The minimum Gasteiger partial charge on any atom is -0.465 e. The third-order valence-electron chi connectivity index (χ3n) is 2.51. The van der Waals surface area contributed by atoms with Gasteiger partial charge in [0.15, 0.2) is 0 Å². The molecule has 0 fully saturated rings. The van der Waals surface area contributed by atoms with E-state index in [9.17, 15) is 4.79 Å². The molecule has 2 N–H and O–H groups in total. The van der Waals surface area contributed by atoms with Gasteiger partial charge in [-0.3, -0.25) is 0 Å². The summed E-state index contributed by atoms with van der Waals surface area (Å²) in [6, 6.07) is 5.12. The van der Waals surface area contributed by atoms with Crippen LogP contribution in [0.4, 0.5) is 5.69 Å². The largest absolute Gasteiger partial charge is 0.465 e. The first-order valence-electron chi connectivity index (χ1n) is 6.05. The van der Waals surface area contributed by atoms with Crippen molar-refractivity contribution in [1.82, 2.24) is 5.43 Å². The van der Waals surface area contributed by atoms with Crippen LogP contribution in [-0.4, -0.2) is 19.6 Å². The Morgan fingerprint density at radius 2 is 2.17 bits per heavy atom. The number of anilines is 1. The molecule has 0 heterocycles. The molecule has 4 nitrogen and oxygen atoms in total. The summed E-state index contributed by atoms with van der Waals surface area (Å²) in [5.74, 6) is -0.428. The highest BCUT2D eigenvalue weighted by Crippen LogP contribution is 2.21. The van der Waals surface area contributed by atoms with Gasteiger partial charge in [-0.2, -0.15) is 0 Å². The Kier molecular flexibility index (Phi) is 6.54. The van der Waals surface area contributed by atoms with Crippen molar-refractivity contribution in [3.63, 3.8) is 0 Å². The summed E-state index contributed by atoms with van der Waals surface area (Å²) >= 11 is 6.00. The number of rotatable bonds is 7. The maximum atomic E-state index is 11.3. The minimum atomic E-state index is -0.428. The summed E-state index contributed by atoms with van der Waals surface area (Å²) in [7, 11) is 1.33. The predicted octanol–water partition coefficient (Wildman–Crippen LogP) is 3.23. The molecular weight excluding hydrogens is 252 g/mol. The van der Waals surface area contributed by atoms with Gasteiger partial charge < -0.3 is 10.2 Å². The van der Waals surface area contributed by atoms with Crippen LogP contribution in [0.25, 0.3) is 0 Å². The Labute approximate surface area is 113 Å². The van der Waals surface area contributed by atoms with E-state index in [-0.39, 0.29) is 0 Å². The Bertz CT molecular complexity index is 397. The molecule has 0 saturated carbocycles. The smallest absolute Gasteiger partial charge is 0.339 e. The van der Waals surface area contributed by atoms with Gasteiger partial charge in [0, 0.05) is 6.54 Å². The molecule has 5 heteroatoms. The molecule has 0 atom stereocenters. The topological polar surface area (TPSA) is 50.4 Å². The van der Waals surface area contributed by atoms with Gasteiger partial charge in [-0.25, -0.2) is 10.2 Å². The van der Waals surface area contributed by atoms with Gasteiger partial charge >= 0.3 is 5.97 Å². The number of esters is 1. The number of unbranched alkanes of at least 4 members (excludes halogenated alkanes) is 2. The van der Waals surface area contributed by atoms with Crippen LogP contribution in [0.1, 0.15) is 36.5 Å². The summed E-state index contributed by atoms with van der Waals surface area (Å²) in [6.45, 7) is 3.06. The standard InChI is InChI=1S/C13H19ClN2O2/c1-3-4-5-8-15-16-10-6-7-11(12(14)9-10)13(17)18-2/h6-7,9,15-16H,3-5,8H2,1-2H3. The van der Waals surface area contributed by atoms with E-state index in [4.69, 9.17) is 11.6 Å². The highest BCUT2D eigenvalue weighted by molar-refractivity contribution is 6.33. The van der Waals surface area contributed by atoms with E-state index >= 15 is 0 Å². The van der Waals surface area contributed by atoms with Crippen LogP contribution >= 0.6 is 11.6 Å². The number of hydrogen-bond donors (Lipinski definition) is 2. The molecule has 0 saturated heterocycles. The zero-order chi connectivity index (χ0) is 13.4. The molecule has 0 spiro atoms. The van der Waals surface area contributed by atoms with Gasteiger partial charge in [0.25, 0.3) is 0 Å². The first kappa shape index (κ1) is 14.8. The molecule has 1 aromatic carbocycles. The van der Waals surface area contributed by atoms with Gasteiger partial charge in [0.05, 0.1) is 23.4 Å². The van der Waals surface area contributed by atoms with Crippen molar-refractivity contribution in [2.75, 3.05) is 19.1 Å². The molecule has 0 aromatic heterocycles. The molecule has 1 rings (SSSR count). The van der Waals surface area contributed by atoms with Gasteiger partial charge in [-0.1, -0.05) is 31.4 Å². The summed E-state index contributed by atoms with van der Waals surface area (Å²) in [4.78, 5) is 11.3. The Morgan fingerprint density at radius 3 is 2.78 bits per heavy atom. The van der Waals surface area contributed by atoms with Crippen molar-refractivity contribution in [3.05, 3.63) is 28.8 Å². The fraction of sp³-hybridized carbons (Fsp3) is 0.462. The van der Waals surface area contributed by atoms with E-state index < -0.39 is 5.97 Å². The molecule has 0 radical (unpaired) electrons. The fourth-order valence-corrected chi connectivity index (χ4v) is 1.75. The minimum absolute atomic E-state index is 0.371. The quantitative estimate of drug-likeness (QED) is 0.454. The van der Waals surface area contributed by atoms with E-state index in [1.54, 1.807) is 18.2 Å². The van der Waals surface area contributed by atoms with Crippen LogP contribution in [0.2, 0.25) is 5.02 Å². The van der Waals surface area contributed by atoms with Crippen molar-refractivity contribution in [3.8, 4) is 0 Å². The van der Waals surface area contributed by atoms with Crippen LogP contribution < -0.4 is 10.9 Å². The molecule has 0 aliphatic heterocycles. The third-order valence-corrected chi connectivity index (χ3v) is 2.83. The highest BCUT2D eigenvalue weighted by atomic mass is 35.5. The molecule has 18 heavy (non-hydrogen) atoms. The number of nitrogens with one attached hydrogen (secondary N) is 2. The van der Waals surface area contributed by atoms with Crippen LogP contribution in [-0.2, 0) is 4.74 Å². The van der Waals surface area contributed by atoms with Crippen LogP contribution in [0.15, 0.2) is 18.2 Å². The second-order valence-electron chi connectivity index (χ2n) is 3.95. The number of carbonyl (C=O) groups excluding carboxylic acids is 1. The SMILES string of the molecule is CCCCCNNc1ccc(C(=O)OC)c(Cl)c1. The molecule has 0 unspecified atom stereocenters. The molecular formula is C13H19ClN2O2. The first-order valence-corrected chi connectivity index (χ1v) is 6.43. The molecule has 1 aromatic rings. The lowest BCUT2D eigenvalue weighted by Gasteiger charge is -2.09. The number of methoxy groups -OCH3 is 1. The molecule has 0 bridgehead atoms. The lowest BCUT2D eigenvalue weighted by atomic mass is 10.2. The number of halogens is 1. The summed E-state index contributed by atoms with van der Waals surface area (Å²) in [6.07, 6.45) is 3.52. The normalized spacial score (nSPS) is 10.2. The van der Waals surface area contributed by atoms with E-state index in [2.05, 4.69) is 22.5 Å². The van der Waals surface area contributed by atoms with Gasteiger partial charge in [-0.15, -0.1) is 0 Å². The van der Waals surface area contributed by atoms with Crippen LogP contribution in [0.5, 0.6) is 0 Å². The number of benzene rings is 1. The van der Waals surface area contributed by atoms with Gasteiger partial charge in [-0.05, 0) is 24.6 Å². The second kappa shape index (κ2) is 7.95. The summed E-state index contributed by atoms with van der Waals surface area (Å²) in [5.41, 5.74) is 7.34. The average molecular weight is 271 g/mol. The summed E-state index contributed by atoms with van der Waals surface area (Å²) < 4.78 is 4.62. The number of hydrazine groups is 1. The fourth-order valence-electron chi connectivity index (χ4n) is 1.50. The zero-order valence-corrected chi connectivity index (χ0v) is 11.5. The number of carbonyl (C=O) groups is 1.